The van der Waals surface area contributed by atoms with Gasteiger partial charge in [-0.1, -0.05) is 26.0 Å². The Labute approximate surface area is 131 Å². The quantitative estimate of drug-likeness (QED) is 0.651. The standard InChI is InChI=1S/C15H16N2O4S/c1-15(2,14-16-11(9-22-14)7-13(18)19)8-10-3-5-12(6-4-10)17(20)21/h3-6,9H,7-8H2,1-2H3,(H,18,19). The van der Waals surface area contributed by atoms with Gasteiger partial charge in [-0.05, 0) is 12.0 Å². The zero-order valence-electron chi connectivity index (χ0n) is 12.3. The molecule has 0 fully saturated rings. The van der Waals surface area contributed by atoms with E-state index in [9.17, 15) is 14.9 Å². The number of rotatable bonds is 6. The summed E-state index contributed by atoms with van der Waals surface area (Å²) < 4.78 is 0. The first-order valence-electron chi connectivity index (χ1n) is 6.68. The molecule has 2 rings (SSSR count). The number of nitrogens with zero attached hydrogens (tertiary/aromatic N) is 2. The van der Waals surface area contributed by atoms with Crippen LogP contribution in [-0.4, -0.2) is 21.0 Å². The van der Waals surface area contributed by atoms with Gasteiger partial charge in [0.2, 0.25) is 0 Å². The largest absolute Gasteiger partial charge is 0.481 e. The molecule has 22 heavy (non-hydrogen) atoms. The Morgan fingerprint density at radius 2 is 2.00 bits per heavy atom. The second kappa shape index (κ2) is 6.23. The van der Waals surface area contributed by atoms with Gasteiger partial charge in [-0.25, -0.2) is 4.98 Å². The molecule has 1 heterocycles. The maximum Gasteiger partial charge on any atom is 0.309 e. The predicted octanol–water partition coefficient (Wildman–Crippen LogP) is 3.20. The van der Waals surface area contributed by atoms with E-state index in [0.29, 0.717) is 12.1 Å². The molecule has 0 aliphatic heterocycles. The number of benzene rings is 1. The normalized spacial score (nSPS) is 11.4. The van der Waals surface area contributed by atoms with Crippen LogP contribution in [0.2, 0.25) is 0 Å². The monoisotopic (exact) mass is 320 g/mol. The summed E-state index contributed by atoms with van der Waals surface area (Å²) in [6, 6.07) is 6.46. The van der Waals surface area contributed by atoms with Gasteiger partial charge in [-0.2, -0.15) is 0 Å². The van der Waals surface area contributed by atoms with E-state index in [2.05, 4.69) is 4.98 Å². The highest BCUT2D eigenvalue weighted by Gasteiger charge is 2.25. The van der Waals surface area contributed by atoms with E-state index in [1.807, 2.05) is 13.8 Å². The average Bonchev–Trinajstić information content (AvgIpc) is 2.87. The first kappa shape index (κ1) is 16.1. The lowest BCUT2D eigenvalue weighted by atomic mass is 9.86. The van der Waals surface area contributed by atoms with Crippen LogP contribution in [0.15, 0.2) is 29.6 Å². The Balaban J connectivity index is 2.14. The molecule has 0 aliphatic rings. The summed E-state index contributed by atoms with van der Waals surface area (Å²) >= 11 is 1.44. The highest BCUT2D eigenvalue weighted by Crippen LogP contribution is 2.30. The van der Waals surface area contributed by atoms with Crippen LogP contribution in [0.3, 0.4) is 0 Å². The predicted molar refractivity (Wildman–Crippen MR) is 83.3 cm³/mol. The van der Waals surface area contributed by atoms with E-state index in [-0.39, 0.29) is 17.5 Å². The van der Waals surface area contributed by atoms with Crippen molar-refractivity contribution in [2.45, 2.75) is 32.1 Å². The molecule has 0 amide bonds. The first-order valence-corrected chi connectivity index (χ1v) is 7.56. The molecular weight excluding hydrogens is 304 g/mol. The van der Waals surface area contributed by atoms with Gasteiger partial charge in [0, 0.05) is 22.9 Å². The Hall–Kier alpha value is -2.28. The molecule has 1 N–H and O–H groups in total. The molecule has 2 aromatic rings. The average molecular weight is 320 g/mol. The van der Waals surface area contributed by atoms with Crippen molar-refractivity contribution in [3.63, 3.8) is 0 Å². The second-order valence-corrected chi connectivity index (χ2v) is 6.56. The molecular formula is C15H16N2O4S. The highest BCUT2D eigenvalue weighted by atomic mass is 32.1. The number of non-ortho nitro benzene ring substituents is 1. The van der Waals surface area contributed by atoms with Crippen LogP contribution in [0.25, 0.3) is 0 Å². The molecule has 1 aromatic heterocycles. The number of nitro groups is 1. The maximum atomic E-state index is 10.7. The van der Waals surface area contributed by atoms with Gasteiger partial charge in [-0.3, -0.25) is 14.9 Å². The van der Waals surface area contributed by atoms with Gasteiger partial charge in [-0.15, -0.1) is 11.3 Å². The van der Waals surface area contributed by atoms with Crippen molar-refractivity contribution in [3.05, 3.63) is 56.0 Å². The van der Waals surface area contributed by atoms with Gasteiger partial charge in [0.15, 0.2) is 0 Å². The number of aliphatic carboxylic acids is 1. The second-order valence-electron chi connectivity index (χ2n) is 5.70. The van der Waals surface area contributed by atoms with Crippen molar-refractivity contribution in [2.75, 3.05) is 0 Å². The zero-order chi connectivity index (χ0) is 16.3. The molecule has 0 bridgehead atoms. The van der Waals surface area contributed by atoms with Crippen molar-refractivity contribution in [1.29, 1.82) is 0 Å². The minimum atomic E-state index is -0.898. The molecule has 7 heteroatoms. The van der Waals surface area contributed by atoms with Gasteiger partial charge >= 0.3 is 5.97 Å². The fourth-order valence-corrected chi connectivity index (χ4v) is 3.12. The molecule has 0 unspecified atom stereocenters. The molecule has 0 aliphatic carbocycles. The number of hydrogen-bond donors (Lipinski definition) is 1. The third-order valence-electron chi connectivity index (χ3n) is 3.26. The number of thiazole rings is 1. The Kier molecular flexibility index (Phi) is 4.56. The highest BCUT2D eigenvalue weighted by molar-refractivity contribution is 7.09. The minimum absolute atomic E-state index is 0.0690. The molecule has 0 spiro atoms. The lowest BCUT2D eigenvalue weighted by Gasteiger charge is -2.22. The molecule has 1 aromatic carbocycles. The van der Waals surface area contributed by atoms with Crippen LogP contribution >= 0.6 is 11.3 Å². The number of hydrogen-bond acceptors (Lipinski definition) is 5. The van der Waals surface area contributed by atoms with E-state index in [0.717, 1.165) is 10.6 Å². The SMILES string of the molecule is CC(C)(Cc1ccc([N+](=O)[O-])cc1)c1nc(CC(=O)O)cs1. The van der Waals surface area contributed by atoms with E-state index < -0.39 is 10.9 Å². The number of carboxylic acids is 1. The zero-order valence-corrected chi connectivity index (χ0v) is 13.1. The number of aromatic nitrogens is 1. The topological polar surface area (TPSA) is 93.3 Å². The number of nitro benzene ring substituents is 1. The van der Waals surface area contributed by atoms with Crippen LogP contribution < -0.4 is 0 Å². The Morgan fingerprint density at radius 1 is 1.36 bits per heavy atom. The molecule has 6 nitrogen and oxygen atoms in total. The van der Waals surface area contributed by atoms with E-state index in [1.165, 1.54) is 23.5 Å². The van der Waals surface area contributed by atoms with Crippen LogP contribution in [-0.2, 0) is 23.1 Å². The van der Waals surface area contributed by atoms with Crippen molar-refractivity contribution in [1.82, 2.24) is 4.98 Å². The number of carbonyl (C=O) groups is 1. The Morgan fingerprint density at radius 3 is 2.55 bits per heavy atom. The first-order chi connectivity index (χ1) is 10.3. The van der Waals surface area contributed by atoms with Gasteiger partial charge in [0.1, 0.15) is 0 Å². The van der Waals surface area contributed by atoms with Crippen molar-refractivity contribution in [3.8, 4) is 0 Å². The molecule has 0 atom stereocenters. The van der Waals surface area contributed by atoms with Crippen LogP contribution in [0.4, 0.5) is 5.69 Å². The summed E-state index contributed by atoms with van der Waals surface area (Å²) in [5, 5.41) is 22.1. The summed E-state index contributed by atoms with van der Waals surface area (Å²) in [5.41, 5.74) is 1.34. The molecule has 0 saturated carbocycles. The molecule has 116 valence electrons. The minimum Gasteiger partial charge on any atom is -0.481 e. The van der Waals surface area contributed by atoms with Crippen molar-refractivity contribution >= 4 is 23.0 Å². The summed E-state index contributed by atoms with van der Waals surface area (Å²) in [5.74, 6) is -0.898. The Bertz CT molecular complexity index is 692. The maximum absolute atomic E-state index is 10.7. The van der Waals surface area contributed by atoms with Crippen LogP contribution in [0.1, 0.15) is 30.1 Å². The van der Waals surface area contributed by atoms with E-state index in [4.69, 9.17) is 5.11 Å². The fraction of sp³-hybridized carbons (Fsp3) is 0.333. The van der Waals surface area contributed by atoms with Gasteiger partial charge in [0.05, 0.1) is 22.0 Å². The van der Waals surface area contributed by atoms with Crippen LogP contribution in [0, 0.1) is 10.1 Å². The molecule has 0 radical (unpaired) electrons. The van der Waals surface area contributed by atoms with E-state index in [1.54, 1.807) is 17.5 Å². The van der Waals surface area contributed by atoms with Crippen LogP contribution in [0.5, 0.6) is 0 Å². The smallest absolute Gasteiger partial charge is 0.309 e. The molecule has 0 saturated heterocycles. The van der Waals surface area contributed by atoms with Gasteiger partial charge < -0.3 is 5.11 Å². The summed E-state index contributed by atoms with van der Waals surface area (Å²) in [6.45, 7) is 4.05. The fourth-order valence-electron chi connectivity index (χ4n) is 2.18. The third-order valence-corrected chi connectivity index (χ3v) is 4.51. The van der Waals surface area contributed by atoms with E-state index >= 15 is 0 Å². The third kappa shape index (κ3) is 3.88. The number of carboxylic acid groups (broad SMARTS) is 1. The van der Waals surface area contributed by atoms with Gasteiger partial charge in [0.25, 0.3) is 5.69 Å². The lowest BCUT2D eigenvalue weighted by molar-refractivity contribution is -0.384. The summed E-state index contributed by atoms with van der Waals surface area (Å²) in [4.78, 5) is 25.3. The summed E-state index contributed by atoms with van der Waals surface area (Å²) in [6.07, 6.45) is 0.592. The van der Waals surface area contributed by atoms with Crippen molar-refractivity contribution in [2.24, 2.45) is 0 Å². The summed E-state index contributed by atoms with van der Waals surface area (Å²) in [7, 11) is 0. The van der Waals surface area contributed by atoms with Crippen molar-refractivity contribution < 1.29 is 14.8 Å². The lowest BCUT2D eigenvalue weighted by Crippen LogP contribution is -2.20.